The Morgan fingerprint density at radius 2 is 1.86 bits per heavy atom. The summed E-state index contributed by atoms with van der Waals surface area (Å²) in [6, 6.07) is 9.36. The number of hydrogen-bond acceptors (Lipinski definition) is 5. The SMILES string of the molecule is CCCNc1cc(Nc2cccc(NC(C)=O)c2)nc(C)n1. The van der Waals surface area contributed by atoms with Crippen LogP contribution in [0.15, 0.2) is 30.3 Å². The topological polar surface area (TPSA) is 78.9 Å². The van der Waals surface area contributed by atoms with Gasteiger partial charge in [0.2, 0.25) is 5.91 Å². The number of rotatable bonds is 6. The highest BCUT2D eigenvalue weighted by molar-refractivity contribution is 5.89. The van der Waals surface area contributed by atoms with Crippen LogP contribution in [0.25, 0.3) is 0 Å². The molecule has 0 bridgehead atoms. The third kappa shape index (κ3) is 4.73. The summed E-state index contributed by atoms with van der Waals surface area (Å²) in [4.78, 5) is 19.8. The fraction of sp³-hybridized carbons (Fsp3) is 0.312. The molecule has 116 valence electrons. The van der Waals surface area contributed by atoms with Crippen LogP contribution in [0.2, 0.25) is 0 Å². The van der Waals surface area contributed by atoms with Gasteiger partial charge in [0.25, 0.3) is 0 Å². The van der Waals surface area contributed by atoms with Gasteiger partial charge in [0.15, 0.2) is 0 Å². The number of anilines is 4. The first-order chi connectivity index (χ1) is 10.6. The molecule has 6 nitrogen and oxygen atoms in total. The molecule has 0 saturated heterocycles. The lowest BCUT2D eigenvalue weighted by atomic mass is 10.2. The number of nitrogens with one attached hydrogen (secondary N) is 3. The maximum Gasteiger partial charge on any atom is 0.221 e. The zero-order valence-corrected chi connectivity index (χ0v) is 13.1. The molecule has 0 aliphatic carbocycles. The molecule has 0 unspecified atom stereocenters. The van der Waals surface area contributed by atoms with Crippen LogP contribution < -0.4 is 16.0 Å². The standard InChI is InChI=1S/C16H21N5O/c1-4-8-17-15-10-16(19-11(2)18-15)21-14-7-5-6-13(9-14)20-12(3)22/h5-7,9-10H,4,8H2,1-3H3,(H,20,22)(H2,17,18,19,21). The Hall–Kier alpha value is -2.63. The smallest absolute Gasteiger partial charge is 0.221 e. The van der Waals surface area contributed by atoms with E-state index in [0.717, 1.165) is 30.2 Å². The van der Waals surface area contributed by atoms with E-state index in [1.165, 1.54) is 6.92 Å². The number of nitrogens with zero attached hydrogens (tertiary/aromatic N) is 2. The van der Waals surface area contributed by atoms with E-state index in [0.29, 0.717) is 11.6 Å². The lowest BCUT2D eigenvalue weighted by Crippen LogP contribution is -2.07. The van der Waals surface area contributed by atoms with E-state index < -0.39 is 0 Å². The van der Waals surface area contributed by atoms with Gasteiger partial charge in [-0.05, 0) is 31.5 Å². The van der Waals surface area contributed by atoms with Crippen LogP contribution in [0.5, 0.6) is 0 Å². The van der Waals surface area contributed by atoms with Crippen molar-refractivity contribution in [1.29, 1.82) is 0 Å². The van der Waals surface area contributed by atoms with E-state index in [-0.39, 0.29) is 5.91 Å². The van der Waals surface area contributed by atoms with E-state index in [9.17, 15) is 4.79 Å². The zero-order valence-electron chi connectivity index (χ0n) is 13.1. The summed E-state index contributed by atoms with van der Waals surface area (Å²) in [6.07, 6.45) is 1.03. The van der Waals surface area contributed by atoms with E-state index in [4.69, 9.17) is 0 Å². The van der Waals surface area contributed by atoms with Gasteiger partial charge >= 0.3 is 0 Å². The van der Waals surface area contributed by atoms with Gasteiger partial charge in [-0.2, -0.15) is 0 Å². The summed E-state index contributed by atoms with van der Waals surface area (Å²) in [5.41, 5.74) is 1.60. The molecule has 0 saturated carbocycles. The first kappa shape index (κ1) is 15.8. The lowest BCUT2D eigenvalue weighted by molar-refractivity contribution is -0.114. The van der Waals surface area contributed by atoms with E-state index in [2.05, 4.69) is 32.8 Å². The molecule has 3 N–H and O–H groups in total. The number of carbonyl (C=O) groups is 1. The van der Waals surface area contributed by atoms with Gasteiger partial charge in [-0.25, -0.2) is 9.97 Å². The fourth-order valence-electron chi connectivity index (χ4n) is 2.00. The second-order valence-corrected chi connectivity index (χ2v) is 5.00. The Kier molecular flexibility index (Phi) is 5.30. The van der Waals surface area contributed by atoms with Crippen molar-refractivity contribution in [2.75, 3.05) is 22.5 Å². The van der Waals surface area contributed by atoms with Crippen molar-refractivity contribution in [3.63, 3.8) is 0 Å². The lowest BCUT2D eigenvalue weighted by Gasteiger charge is -2.11. The molecule has 1 amide bonds. The van der Waals surface area contributed by atoms with Gasteiger partial charge in [0.05, 0.1) is 0 Å². The van der Waals surface area contributed by atoms with Crippen molar-refractivity contribution >= 4 is 28.9 Å². The third-order valence-electron chi connectivity index (χ3n) is 2.85. The van der Waals surface area contributed by atoms with Crippen molar-refractivity contribution in [1.82, 2.24) is 9.97 Å². The molecular formula is C16H21N5O. The summed E-state index contributed by atoms with van der Waals surface area (Å²) in [5.74, 6) is 2.11. The largest absolute Gasteiger partial charge is 0.370 e. The third-order valence-corrected chi connectivity index (χ3v) is 2.85. The zero-order chi connectivity index (χ0) is 15.9. The molecule has 0 atom stereocenters. The minimum Gasteiger partial charge on any atom is -0.370 e. The Bertz CT molecular complexity index is 657. The minimum absolute atomic E-state index is 0.0962. The first-order valence-corrected chi connectivity index (χ1v) is 7.31. The van der Waals surface area contributed by atoms with E-state index in [1.807, 2.05) is 37.3 Å². The van der Waals surface area contributed by atoms with Gasteiger partial charge in [0.1, 0.15) is 17.5 Å². The van der Waals surface area contributed by atoms with E-state index >= 15 is 0 Å². The molecule has 22 heavy (non-hydrogen) atoms. The van der Waals surface area contributed by atoms with Crippen LogP contribution in [0.4, 0.5) is 23.0 Å². The second kappa shape index (κ2) is 7.40. The highest BCUT2D eigenvalue weighted by atomic mass is 16.1. The molecule has 0 aliphatic heterocycles. The van der Waals surface area contributed by atoms with Crippen LogP contribution >= 0.6 is 0 Å². The number of aryl methyl sites for hydroxylation is 1. The molecular weight excluding hydrogens is 278 g/mol. The molecule has 0 fully saturated rings. The highest BCUT2D eigenvalue weighted by Crippen LogP contribution is 2.20. The molecule has 0 aliphatic rings. The molecule has 2 rings (SSSR count). The number of benzene rings is 1. The Morgan fingerprint density at radius 1 is 1.14 bits per heavy atom. The molecule has 0 spiro atoms. The maximum absolute atomic E-state index is 11.1. The first-order valence-electron chi connectivity index (χ1n) is 7.31. The molecule has 0 radical (unpaired) electrons. The van der Waals surface area contributed by atoms with Crippen LogP contribution in [0.1, 0.15) is 26.1 Å². The summed E-state index contributed by atoms with van der Waals surface area (Å²) in [7, 11) is 0. The molecule has 2 aromatic rings. The maximum atomic E-state index is 11.1. The van der Waals surface area contributed by atoms with Gasteiger partial charge < -0.3 is 16.0 Å². The molecule has 1 aromatic carbocycles. The number of aromatic nitrogens is 2. The average Bonchev–Trinajstić information content (AvgIpc) is 2.44. The molecule has 1 heterocycles. The average molecular weight is 299 g/mol. The van der Waals surface area contributed by atoms with Crippen LogP contribution in [0, 0.1) is 6.92 Å². The van der Waals surface area contributed by atoms with Gasteiger partial charge in [-0.1, -0.05) is 13.0 Å². The normalized spacial score (nSPS) is 10.1. The highest BCUT2D eigenvalue weighted by Gasteiger charge is 2.03. The monoisotopic (exact) mass is 299 g/mol. The fourth-order valence-corrected chi connectivity index (χ4v) is 2.00. The predicted octanol–water partition coefficient (Wildman–Crippen LogP) is 3.31. The molecule has 6 heteroatoms. The van der Waals surface area contributed by atoms with Crippen molar-refractivity contribution in [2.45, 2.75) is 27.2 Å². The summed E-state index contributed by atoms with van der Waals surface area (Å²) in [6.45, 7) is 6.32. The van der Waals surface area contributed by atoms with Gasteiger partial charge in [0, 0.05) is 30.9 Å². The van der Waals surface area contributed by atoms with Crippen LogP contribution in [0.3, 0.4) is 0 Å². The van der Waals surface area contributed by atoms with Crippen LogP contribution in [-0.2, 0) is 4.79 Å². The summed E-state index contributed by atoms with van der Waals surface area (Å²) >= 11 is 0. The van der Waals surface area contributed by atoms with Crippen LogP contribution in [-0.4, -0.2) is 22.4 Å². The quantitative estimate of drug-likeness (QED) is 0.762. The van der Waals surface area contributed by atoms with Crippen molar-refractivity contribution < 1.29 is 4.79 Å². The Labute approximate surface area is 130 Å². The second-order valence-electron chi connectivity index (χ2n) is 5.00. The summed E-state index contributed by atoms with van der Waals surface area (Å²) < 4.78 is 0. The number of amides is 1. The van der Waals surface area contributed by atoms with Crippen molar-refractivity contribution in [3.8, 4) is 0 Å². The Balaban J connectivity index is 2.16. The minimum atomic E-state index is -0.0962. The number of carbonyl (C=O) groups excluding carboxylic acids is 1. The number of hydrogen-bond donors (Lipinski definition) is 3. The Morgan fingerprint density at radius 3 is 2.59 bits per heavy atom. The predicted molar refractivity (Wildman–Crippen MR) is 89.6 cm³/mol. The van der Waals surface area contributed by atoms with Crippen molar-refractivity contribution in [2.24, 2.45) is 0 Å². The van der Waals surface area contributed by atoms with Gasteiger partial charge in [-0.3, -0.25) is 4.79 Å². The van der Waals surface area contributed by atoms with Gasteiger partial charge in [-0.15, -0.1) is 0 Å². The van der Waals surface area contributed by atoms with E-state index in [1.54, 1.807) is 0 Å². The molecule has 1 aromatic heterocycles. The van der Waals surface area contributed by atoms with Crippen molar-refractivity contribution in [3.05, 3.63) is 36.2 Å². The summed E-state index contributed by atoms with van der Waals surface area (Å²) in [5, 5.41) is 9.24.